The van der Waals surface area contributed by atoms with Gasteiger partial charge < -0.3 is 65.8 Å². The summed E-state index contributed by atoms with van der Waals surface area (Å²) in [5.74, 6) is 5.08. The Morgan fingerprint density at radius 1 is 0.444 bits per heavy atom. The van der Waals surface area contributed by atoms with Crippen molar-refractivity contribution < 1.29 is 17.6 Å². The van der Waals surface area contributed by atoms with Crippen LogP contribution in [0.15, 0.2) is 232 Å². The maximum Gasteiger partial charge on any atom is 0.250 e. The molecule has 0 aliphatic carbocycles. The van der Waals surface area contributed by atoms with E-state index in [4.69, 9.17) is 96.1 Å². The van der Waals surface area contributed by atoms with Gasteiger partial charge in [-0.3, -0.25) is 14.8 Å². The minimum absolute atomic E-state index is 0.0937. The number of thiophene rings is 2. The monoisotopic (exact) mass is 1920 g/mol. The molecule has 0 saturated carbocycles. The van der Waals surface area contributed by atoms with Gasteiger partial charge in [0.2, 0.25) is 51.6 Å². The van der Waals surface area contributed by atoms with Gasteiger partial charge in [-0.15, -0.1) is 11.3 Å². The number of benzene rings is 5. The lowest BCUT2D eigenvalue weighted by Crippen LogP contribution is -2.12. The highest BCUT2D eigenvalue weighted by Crippen LogP contribution is 2.36. The van der Waals surface area contributed by atoms with Gasteiger partial charge in [-0.2, -0.15) is 31.3 Å². The molecule has 0 fully saturated rings. The summed E-state index contributed by atoms with van der Waals surface area (Å²) in [6.45, 7) is 16.9. The van der Waals surface area contributed by atoms with E-state index in [9.17, 15) is 13.2 Å². The zero-order valence-corrected chi connectivity index (χ0v) is 79.6. The number of aryl methyl sites for hydroxylation is 7. The third-order valence-corrected chi connectivity index (χ3v) is 24.2. The Bertz CT molecular complexity index is 6670. The Morgan fingerprint density at radius 3 is 1.44 bits per heavy atom. The van der Waals surface area contributed by atoms with Crippen molar-refractivity contribution in [3.05, 3.63) is 310 Å². The van der Waals surface area contributed by atoms with Gasteiger partial charge in [-0.25, -0.2) is 53.4 Å². The Morgan fingerprint density at radius 2 is 0.925 bits per heavy atom. The summed E-state index contributed by atoms with van der Waals surface area (Å²) < 4.78 is 28.1. The quantitative estimate of drug-likeness (QED) is 0.0203. The van der Waals surface area contributed by atoms with E-state index in [1.165, 1.54) is 46.1 Å². The van der Waals surface area contributed by atoms with E-state index in [1.807, 2.05) is 153 Å². The van der Waals surface area contributed by atoms with E-state index in [2.05, 4.69) is 149 Å². The Hall–Kier alpha value is -13.9. The lowest BCUT2D eigenvalue weighted by molar-refractivity contribution is 0.0999. The maximum atomic E-state index is 11.3. The fraction of sp³-hybridized carbons (Fsp3) is 0.198. The van der Waals surface area contributed by atoms with Crippen LogP contribution in [0, 0.1) is 34.6 Å². The van der Waals surface area contributed by atoms with E-state index in [0.717, 1.165) is 147 Å². The molecule has 0 radical (unpaired) electrons. The number of nitrogens with zero attached hydrogens (tertiary/aromatic N) is 14. The third-order valence-electron chi connectivity index (χ3n) is 20.1. The summed E-state index contributed by atoms with van der Waals surface area (Å²) in [6.07, 6.45) is 11.9. The number of hydrogen-bond donors (Lipinski definition) is 12. The highest BCUT2D eigenvalue weighted by molar-refractivity contribution is 7.89. The number of carbonyl (C=O) groups is 1. The van der Waals surface area contributed by atoms with Crippen LogP contribution in [0.2, 0.25) is 20.1 Å². The molecule has 16 rings (SSSR count). The molecule has 0 unspecified atom stereocenters. The number of amides is 1. The van der Waals surface area contributed by atoms with E-state index < -0.39 is 15.9 Å². The number of hydrogen-bond acceptors (Lipinski definition) is 30. The molecule has 133 heavy (non-hydrogen) atoms. The SMILES string of the molecule is CCc1cc(-c2cc(C)cs2)nc(N)n1.CCc1cc(-c2ccsc2)nc(N)n1.Cc1c(Cl)cccc1-c1cc(NCCc2ccc(Cl)cc2)nc(N)n1.Cc1ccc(-c2cc(NCCc3ccc(S(N)(=O)=O)cc3)nc(N)n2)o1.Cc1cccc(-c2cc(NCCCc3ccc(C(N)=O)cn3)nc(N)n2)c1C.Nc1nc(NCCCc2ccncc2)cc(-c2cccc(Cl)c2Cl)n1. The Kier molecular flexibility index (Phi) is 36.6. The van der Waals surface area contributed by atoms with Crippen LogP contribution in [0.4, 0.5) is 59.0 Å². The fourth-order valence-corrected chi connectivity index (χ4v) is 15.8. The van der Waals surface area contributed by atoms with Crippen LogP contribution < -0.4 is 66.5 Å². The first kappa shape index (κ1) is 99.7. The number of nitrogens with one attached hydrogen (secondary N) is 4. The van der Waals surface area contributed by atoms with Gasteiger partial charge in [-0.05, 0) is 233 Å². The number of sulfonamides is 1. The van der Waals surface area contributed by atoms with Gasteiger partial charge in [0.1, 0.15) is 34.7 Å². The first-order valence-electron chi connectivity index (χ1n) is 42.1. The number of primary amides is 1. The number of nitrogens with two attached hydrogens (primary N) is 8. The van der Waals surface area contributed by atoms with Crippen LogP contribution in [0.1, 0.15) is 98.8 Å². The normalized spacial score (nSPS) is 10.8. The molecule has 11 heterocycles. The molecule has 20 N–H and O–H groups in total. The maximum absolute atomic E-state index is 11.3. The van der Waals surface area contributed by atoms with E-state index in [-0.39, 0.29) is 28.7 Å². The Labute approximate surface area is 800 Å². The molecule has 0 aliphatic rings. The molecule has 11 aromatic heterocycles. The second kappa shape index (κ2) is 48.8. The van der Waals surface area contributed by atoms with Crippen molar-refractivity contribution in [3.8, 4) is 67.1 Å². The standard InChI is InChI=1S/C21H24N6O.C19H18Cl2N4.C18H17Cl2N5.C17H19N5O3S.C11H13N3S.C10H11N3S/c1-13-5-3-7-17(14(13)2)18-11-19(27-21(23)26-18)24-10-4-6-16-9-8-15(12-25-16)20(22)28;1-12-15(3-2-4-16(12)21)17-11-18(25-19(22)24-17)23-10-9-13-5-7-14(20)8-6-13;19-14-5-1-4-13(17(14)20)15-11-16(25-18(21)24-15)23-8-2-3-12-6-9-22-10-7-12;1-11-2-7-15(25-11)14-10-16(22-17(18)21-14)20-9-8-12-3-5-13(6-4-12)26(19,23)24;1-3-8-5-9(14-11(12)13-8)10-4-7(2)6-15-10;1-2-8-5-9(13-10(11)12-8)7-3-4-14-6-7/h3,5,7-9,11-12H,4,6,10H2,1-2H3,(H2,22,28)(H3,23,24,26,27);2-8,11H,9-10H2,1H3,(H3,22,23,24,25);1,4-7,9-11H,2-3,8H2,(H3,21,23,24,25);2-7,10H,8-9H2,1H3,(H2,19,23,24)(H3,18,20,21,22);4-6H,3H2,1-2H3,(H2,12,13,14);3-6H,2H2,1H3,(H2,11,12,13). The van der Waals surface area contributed by atoms with E-state index >= 15 is 0 Å². The van der Waals surface area contributed by atoms with Crippen LogP contribution in [0.5, 0.6) is 0 Å². The average molecular weight is 1920 g/mol. The summed E-state index contributed by atoms with van der Waals surface area (Å²) in [5.41, 5.74) is 59.7. The molecule has 37 heteroatoms. The van der Waals surface area contributed by atoms with Crippen LogP contribution in [-0.2, 0) is 48.5 Å². The molecule has 0 aliphatic heterocycles. The molecular formula is C96H102Cl4N26O4S3. The second-order valence-corrected chi connectivity index (χ2v) is 34.9. The number of carbonyl (C=O) groups excluding carboxylic acids is 1. The van der Waals surface area contributed by atoms with Crippen molar-refractivity contribution >= 4 is 144 Å². The molecule has 0 spiro atoms. The third kappa shape index (κ3) is 30.9. The molecule has 1 amide bonds. The van der Waals surface area contributed by atoms with Crippen molar-refractivity contribution in [1.82, 2.24) is 69.8 Å². The lowest BCUT2D eigenvalue weighted by atomic mass is 10.0. The fourth-order valence-electron chi connectivity index (χ4n) is 13.0. The number of halogens is 4. The van der Waals surface area contributed by atoms with E-state index in [0.29, 0.717) is 92.5 Å². The number of nitrogen functional groups attached to an aromatic ring is 6. The van der Waals surface area contributed by atoms with Crippen LogP contribution >= 0.6 is 69.1 Å². The van der Waals surface area contributed by atoms with Crippen LogP contribution in [0.3, 0.4) is 0 Å². The van der Waals surface area contributed by atoms with E-state index in [1.54, 1.807) is 65.4 Å². The first-order chi connectivity index (χ1) is 63.9. The number of pyridine rings is 2. The lowest BCUT2D eigenvalue weighted by Gasteiger charge is -2.11. The largest absolute Gasteiger partial charge is 0.460 e. The second-order valence-electron chi connectivity index (χ2n) is 30.1. The zero-order valence-electron chi connectivity index (χ0n) is 74.1. The molecule has 0 atom stereocenters. The summed E-state index contributed by atoms with van der Waals surface area (Å²) in [7, 11) is -3.67. The van der Waals surface area contributed by atoms with Gasteiger partial charge in [0.25, 0.3) is 0 Å². The van der Waals surface area contributed by atoms with Crippen molar-refractivity contribution in [2.24, 2.45) is 10.9 Å². The summed E-state index contributed by atoms with van der Waals surface area (Å²) in [6, 6.07) is 58.3. The van der Waals surface area contributed by atoms with Gasteiger partial charge in [0.15, 0.2) is 5.76 Å². The molecule has 5 aromatic carbocycles. The number of primary sulfonamides is 1. The van der Waals surface area contributed by atoms with Gasteiger partial charge in [0.05, 0.1) is 53.9 Å². The number of rotatable bonds is 28. The van der Waals surface area contributed by atoms with Crippen molar-refractivity contribution in [2.45, 2.75) is 105 Å². The van der Waals surface area contributed by atoms with Crippen LogP contribution in [-0.4, -0.2) is 110 Å². The van der Waals surface area contributed by atoms with Crippen molar-refractivity contribution in [3.63, 3.8) is 0 Å². The smallest absolute Gasteiger partial charge is 0.250 e. The minimum atomic E-state index is -3.67. The highest BCUT2D eigenvalue weighted by atomic mass is 35.5. The number of aromatic nitrogens is 14. The highest BCUT2D eigenvalue weighted by Gasteiger charge is 2.17. The molecule has 30 nitrogen and oxygen atoms in total. The van der Waals surface area contributed by atoms with Gasteiger partial charge in [0, 0.05) is 124 Å². The molecule has 0 bridgehead atoms. The van der Waals surface area contributed by atoms with Gasteiger partial charge in [-0.1, -0.05) is 127 Å². The van der Waals surface area contributed by atoms with Gasteiger partial charge >= 0.3 is 0 Å². The molecular weight excluding hydrogens is 1820 g/mol. The number of furan rings is 1. The topological polar surface area (TPSA) is 501 Å². The average Bonchev–Trinajstić information content (AvgIpc) is 1.75. The predicted octanol–water partition coefficient (Wildman–Crippen LogP) is 19.3. The first-order valence-corrected chi connectivity index (χ1v) is 47.0. The minimum Gasteiger partial charge on any atom is -0.460 e. The summed E-state index contributed by atoms with van der Waals surface area (Å²) >= 11 is 27.8. The number of anilines is 10. The predicted molar refractivity (Wildman–Crippen MR) is 541 cm³/mol. The Balaban J connectivity index is 0.000000156. The molecule has 686 valence electrons. The summed E-state index contributed by atoms with van der Waals surface area (Å²) in [4.78, 5) is 71.4. The van der Waals surface area contributed by atoms with Crippen molar-refractivity contribution in [2.75, 3.05) is 81.8 Å². The van der Waals surface area contributed by atoms with Crippen LogP contribution in [0.25, 0.3) is 67.1 Å². The molecule has 0 saturated heterocycles. The molecule has 16 aromatic rings. The van der Waals surface area contributed by atoms with Crippen molar-refractivity contribution in [1.29, 1.82) is 0 Å². The summed E-state index contributed by atoms with van der Waals surface area (Å²) in [5, 5.41) is 26.7. The zero-order chi connectivity index (χ0) is 95.1.